The van der Waals surface area contributed by atoms with Gasteiger partial charge in [0.1, 0.15) is 5.75 Å². The SMILES string of the molecule is C[N+](C)(C)CCC(=O)Oc1ccc2cc(Br)ccc2c1. The van der Waals surface area contributed by atoms with Crippen LogP contribution in [0.4, 0.5) is 0 Å². The van der Waals surface area contributed by atoms with Crippen LogP contribution in [0.1, 0.15) is 6.42 Å². The first kappa shape index (κ1) is 15.0. The van der Waals surface area contributed by atoms with Crippen molar-refractivity contribution in [2.24, 2.45) is 0 Å². The summed E-state index contributed by atoms with van der Waals surface area (Å²) in [5.41, 5.74) is 0. The van der Waals surface area contributed by atoms with E-state index in [1.807, 2.05) is 36.4 Å². The molecule has 0 N–H and O–H groups in total. The van der Waals surface area contributed by atoms with Crippen molar-refractivity contribution in [3.8, 4) is 5.75 Å². The molecule has 0 atom stereocenters. The minimum atomic E-state index is -0.186. The molecule has 0 amide bonds. The molecule has 4 heteroatoms. The molecule has 0 aliphatic heterocycles. The average Bonchev–Trinajstić information content (AvgIpc) is 2.36. The second-order valence-corrected chi connectivity index (χ2v) is 6.81. The summed E-state index contributed by atoms with van der Waals surface area (Å²) in [7, 11) is 6.17. The smallest absolute Gasteiger partial charge is 0.316 e. The third-order valence-corrected chi connectivity index (χ3v) is 3.49. The Labute approximate surface area is 127 Å². The van der Waals surface area contributed by atoms with E-state index < -0.39 is 0 Å². The number of nitrogens with zero attached hydrogens (tertiary/aromatic N) is 1. The van der Waals surface area contributed by atoms with E-state index >= 15 is 0 Å². The van der Waals surface area contributed by atoms with E-state index in [2.05, 4.69) is 37.1 Å². The monoisotopic (exact) mass is 336 g/mol. The molecule has 0 saturated heterocycles. The Balaban J connectivity index is 2.06. The van der Waals surface area contributed by atoms with E-state index in [1.165, 1.54) is 0 Å². The quantitative estimate of drug-likeness (QED) is 0.484. The lowest BCUT2D eigenvalue weighted by atomic mass is 10.1. The fourth-order valence-electron chi connectivity index (χ4n) is 1.87. The van der Waals surface area contributed by atoms with Crippen LogP contribution in [0.25, 0.3) is 10.8 Å². The Morgan fingerprint density at radius 2 is 1.75 bits per heavy atom. The van der Waals surface area contributed by atoms with Crippen LogP contribution < -0.4 is 4.74 Å². The van der Waals surface area contributed by atoms with Crippen LogP contribution in [0.15, 0.2) is 40.9 Å². The minimum absolute atomic E-state index is 0.186. The zero-order valence-corrected chi connectivity index (χ0v) is 13.6. The topological polar surface area (TPSA) is 26.3 Å². The average molecular weight is 337 g/mol. The van der Waals surface area contributed by atoms with E-state index in [0.29, 0.717) is 12.2 Å². The molecule has 2 rings (SSSR count). The molecule has 106 valence electrons. The fourth-order valence-corrected chi connectivity index (χ4v) is 2.25. The molecule has 0 aliphatic rings. The van der Waals surface area contributed by atoms with Crippen molar-refractivity contribution in [1.29, 1.82) is 0 Å². The number of halogens is 1. The molecule has 0 fully saturated rings. The lowest BCUT2D eigenvalue weighted by Crippen LogP contribution is -2.36. The molecule has 0 spiro atoms. The van der Waals surface area contributed by atoms with E-state index in [4.69, 9.17) is 4.74 Å². The van der Waals surface area contributed by atoms with Crippen molar-refractivity contribution >= 4 is 32.7 Å². The number of esters is 1. The molecule has 0 aliphatic carbocycles. The lowest BCUT2D eigenvalue weighted by molar-refractivity contribution is -0.869. The maximum Gasteiger partial charge on any atom is 0.316 e. The fraction of sp³-hybridized carbons (Fsp3) is 0.312. The molecule has 20 heavy (non-hydrogen) atoms. The van der Waals surface area contributed by atoms with Crippen molar-refractivity contribution in [2.75, 3.05) is 27.7 Å². The highest BCUT2D eigenvalue weighted by Gasteiger charge is 2.12. The maximum absolute atomic E-state index is 11.8. The third kappa shape index (κ3) is 4.32. The molecule has 2 aromatic carbocycles. The summed E-state index contributed by atoms with van der Waals surface area (Å²) in [6, 6.07) is 11.7. The van der Waals surface area contributed by atoms with E-state index in [-0.39, 0.29) is 5.97 Å². The van der Waals surface area contributed by atoms with Crippen LogP contribution in [0, 0.1) is 0 Å². The zero-order chi connectivity index (χ0) is 14.8. The van der Waals surface area contributed by atoms with E-state index in [1.54, 1.807) is 0 Å². The number of fused-ring (bicyclic) bond motifs is 1. The molecule has 0 aromatic heterocycles. The molecule has 0 saturated carbocycles. The van der Waals surface area contributed by atoms with Gasteiger partial charge in [-0.1, -0.05) is 28.1 Å². The van der Waals surface area contributed by atoms with Crippen molar-refractivity contribution < 1.29 is 14.0 Å². The largest absolute Gasteiger partial charge is 0.426 e. The van der Waals surface area contributed by atoms with Crippen LogP contribution in [0.5, 0.6) is 5.75 Å². The number of hydrogen-bond acceptors (Lipinski definition) is 2. The van der Waals surface area contributed by atoms with Gasteiger partial charge in [-0.15, -0.1) is 0 Å². The predicted molar refractivity (Wildman–Crippen MR) is 84.8 cm³/mol. The first-order valence-electron chi connectivity index (χ1n) is 6.54. The van der Waals surface area contributed by atoms with Gasteiger partial charge in [0.05, 0.1) is 34.1 Å². The number of ether oxygens (including phenoxy) is 1. The van der Waals surface area contributed by atoms with Gasteiger partial charge in [-0.05, 0) is 35.0 Å². The maximum atomic E-state index is 11.8. The first-order chi connectivity index (χ1) is 9.33. The highest BCUT2D eigenvalue weighted by Crippen LogP contribution is 2.24. The predicted octanol–water partition coefficient (Wildman–Crippen LogP) is 3.60. The number of carbonyl (C=O) groups excluding carboxylic acids is 1. The van der Waals surface area contributed by atoms with Gasteiger partial charge in [-0.2, -0.15) is 0 Å². The van der Waals surface area contributed by atoms with Crippen LogP contribution in [0.3, 0.4) is 0 Å². The third-order valence-electron chi connectivity index (χ3n) is 2.99. The van der Waals surface area contributed by atoms with Gasteiger partial charge in [-0.3, -0.25) is 4.79 Å². The van der Waals surface area contributed by atoms with E-state index in [0.717, 1.165) is 26.3 Å². The normalized spacial score (nSPS) is 11.6. The molecule has 0 heterocycles. The minimum Gasteiger partial charge on any atom is -0.426 e. The summed E-state index contributed by atoms with van der Waals surface area (Å²) in [6.45, 7) is 0.763. The molecule has 0 radical (unpaired) electrons. The van der Waals surface area contributed by atoms with Gasteiger partial charge in [0, 0.05) is 4.47 Å². The van der Waals surface area contributed by atoms with Crippen LogP contribution in [0.2, 0.25) is 0 Å². The number of carbonyl (C=O) groups is 1. The second-order valence-electron chi connectivity index (χ2n) is 5.89. The van der Waals surface area contributed by atoms with Gasteiger partial charge >= 0.3 is 5.97 Å². The van der Waals surface area contributed by atoms with E-state index in [9.17, 15) is 4.79 Å². The van der Waals surface area contributed by atoms with Gasteiger partial charge in [0.15, 0.2) is 0 Å². The highest BCUT2D eigenvalue weighted by molar-refractivity contribution is 9.10. The Bertz CT molecular complexity index is 632. The van der Waals surface area contributed by atoms with Crippen molar-refractivity contribution in [1.82, 2.24) is 0 Å². The van der Waals surface area contributed by atoms with Gasteiger partial charge in [0.2, 0.25) is 0 Å². The molecule has 2 aromatic rings. The van der Waals surface area contributed by atoms with Crippen LogP contribution in [-0.2, 0) is 4.79 Å². The lowest BCUT2D eigenvalue weighted by Gasteiger charge is -2.23. The summed E-state index contributed by atoms with van der Waals surface area (Å²) in [4.78, 5) is 11.8. The Morgan fingerprint density at radius 1 is 1.10 bits per heavy atom. The molecular formula is C16H19BrNO2+. The number of quaternary nitrogens is 1. The van der Waals surface area contributed by atoms with Crippen molar-refractivity contribution in [2.45, 2.75) is 6.42 Å². The van der Waals surface area contributed by atoms with Gasteiger partial charge in [0.25, 0.3) is 0 Å². The zero-order valence-electron chi connectivity index (χ0n) is 12.0. The molecule has 3 nitrogen and oxygen atoms in total. The number of benzene rings is 2. The standard InChI is InChI=1S/C16H19BrNO2/c1-18(2,3)9-8-16(19)20-15-7-5-12-10-14(17)6-4-13(12)11-15/h4-7,10-11H,8-9H2,1-3H3/q+1. The highest BCUT2D eigenvalue weighted by atomic mass is 79.9. The van der Waals surface area contributed by atoms with Crippen LogP contribution in [-0.4, -0.2) is 38.1 Å². The second kappa shape index (κ2) is 5.94. The van der Waals surface area contributed by atoms with Gasteiger partial charge < -0.3 is 9.22 Å². The Morgan fingerprint density at radius 3 is 2.45 bits per heavy atom. The Hall–Kier alpha value is -1.39. The summed E-state index contributed by atoms with van der Waals surface area (Å²) in [5, 5.41) is 2.18. The molecular weight excluding hydrogens is 318 g/mol. The summed E-state index contributed by atoms with van der Waals surface area (Å²) >= 11 is 3.44. The molecule has 0 bridgehead atoms. The summed E-state index contributed by atoms with van der Waals surface area (Å²) in [6.07, 6.45) is 0.419. The number of rotatable bonds is 4. The Kier molecular flexibility index (Phi) is 4.45. The first-order valence-corrected chi connectivity index (χ1v) is 7.33. The van der Waals surface area contributed by atoms with Crippen molar-refractivity contribution in [3.63, 3.8) is 0 Å². The van der Waals surface area contributed by atoms with Crippen LogP contribution >= 0.6 is 15.9 Å². The summed E-state index contributed by atoms with van der Waals surface area (Å²) in [5.74, 6) is 0.417. The molecule has 0 unspecified atom stereocenters. The summed E-state index contributed by atoms with van der Waals surface area (Å²) < 4.78 is 7.18. The van der Waals surface area contributed by atoms with Crippen molar-refractivity contribution in [3.05, 3.63) is 40.9 Å². The number of hydrogen-bond donors (Lipinski definition) is 0. The van der Waals surface area contributed by atoms with Gasteiger partial charge in [-0.25, -0.2) is 0 Å².